The molecule has 0 unspecified atom stereocenters. The summed E-state index contributed by atoms with van der Waals surface area (Å²) in [7, 11) is 0. The molecule has 1 amide bonds. The quantitative estimate of drug-likeness (QED) is 0.604. The lowest BCUT2D eigenvalue weighted by Gasteiger charge is -2.11. The Morgan fingerprint density at radius 3 is 2.60 bits per heavy atom. The van der Waals surface area contributed by atoms with Crippen molar-refractivity contribution in [3.05, 3.63) is 63.8 Å². The van der Waals surface area contributed by atoms with Gasteiger partial charge in [-0.25, -0.2) is 0 Å². The fraction of sp³-hybridized carbons (Fsp3) is 0.118. The highest BCUT2D eigenvalue weighted by Crippen LogP contribution is 2.36. The summed E-state index contributed by atoms with van der Waals surface area (Å²) in [5, 5.41) is 3.16. The third-order valence-electron chi connectivity index (χ3n) is 3.52. The number of amides is 1. The molecule has 1 N–H and O–H groups in total. The molecule has 0 bridgehead atoms. The number of hydrogen-bond acceptors (Lipinski definition) is 2. The van der Waals surface area contributed by atoms with Crippen molar-refractivity contribution in [2.24, 2.45) is 0 Å². The van der Waals surface area contributed by atoms with Crippen LogP contribution in [0, 0.1) is 0 Å². The van der Waals surface area contributed by atoms with Gasteiger partial charge in [0, 0.05) is 21.7 Å². The molecule has 3 rings (SSSR count). The first kappa shape index (κ1) is 17.6. The van der Waals surface area contributed by atoms with Crippen molar-refractivity contribution in [1.29, 1.82) is 0 Å². The maximum atomic E-state index is 12.9. The highest BCUT2D eigenvalue weighted by molar-refractivity contribution is 6.31. The van der Waals surface area contributed by atoms with Crippen LogP contribution in [0.3, 0.4) is 0 Å². The van der Waals surface area contributed by atoms with E-state index in [0.29, 0.717) is 21.6 Å². The summed E-state index contributed by atoms with van der Waals surface area (Å²) in [6.45, 7) is 0. The van der Waals surface area contributed by atoms with Gasteiger partial charge in [-0.05, 0) is 36.4 Å². The summed E-state index contributed by atoms with van der Waals surface area (Å²) in [5.74, 6) is -0.488. The highest BCUT2D eigenvalue weighted by atomic mass is 35.5. The zero-order valence-electron chi connectivity index (χ0n) is 12.5. The van der Waals surface area contributed by atoms with Crippen LogP contribution >= 0.6 is 23.2 Å². The van der Waals surface area contributed by atoms with Gasteiger partial charge >= 0.3 is 6.18 Å². The molecule has 0 aliphatic heterocycles. The maximum Gasteiger partial charge on any atom is 0.417 e. The Bertz CT molecular complexity index is 951. The minimum Gasteiger partial charge on any atom is -0.464 e. The Kier molecular flexibility index (Phi) is 4.67. The number of rotatable bonds is 3. The molecule has 0 aliphatic rings. The molecule has 0 aliphatic carbocycles. The van der Waals surface area contributed by atoms with E-state index in [-0.39, 0.29) is 12.1 Å². The fourth-order valence-electron chi connectivity index (χ4n) is 2.39. The van der Waals surface area contributed by atoms with Gasteiger partial charge in [-0.2, -0.15) is 13.2 Å². The van der Waals surface area contributed by atoms with E-state index in [0.717, 1.165) is 12.1 Å². The van der Waals surface area contributed by atoms with Crippen molar-refractivity contribution < 1.29 is 22.4 Å². The number of furan rings is 1. The lowest BCUT2D eigenvalue weighted by atomic mass is 10.1. The van der Waals surface area contributed by atoms with Gasteiger partial charge in [-0.15, -0.1) is 0 Å². The largest absolute Gasteiger partial charge is 0.464 e. The molecule has 0 fully saturated rings. The molecule has 2 aromatic carbocycles. The first-order valence-corrected chi connectivity index (χ1v) is 7.82. The minimum absolute atomic E-state index is 0.00700. The lowest BCUT2D eigenvalue weighted by molar-refractivity contribution is -0.137. The zero-order chi connectivity index (χ0) is 18.2. The van der Waals surface area contributed by atoms with Crippen LogP contribution in [0.15, 0.2) is 47.1 Å². The smallest absolute Gasteiger partial charge is 0.417 e. The fourth-order valence-corrected chi connectivity index (χ4v) is 2.79. The Morgan fingerprint density at radius 2 is 1.88 bits per heavy atom. The number of alkyl halides is 3. The average molecular weight is 388 g/mol. The molecule has 0 atom stereocenters. The monoisotopic (exact) mass is 387 g/mol. The third-order valence-corrected chi connectivity index (χ3v) is 4.09. The standard InChI is InChI=1S/C17H10Cl2F3NO2/c18-10-1-4-15-12(6-10)9(8-25-15)5-16(24)23-11-2-3-14(19)13(7-11)17(20,21)22/h1-4,6-8H,5H2,(H,23,24). The number of carbonyl (C=O) groups is 1. The second-order valence-electron chi connectivity index (χ2n) is 5.32. The number of hydrogen-bond donors (Lipinski definition) is 1. The van der Waals surface area contributed by atoms with Crippen LogP contribution in [0.5, 0.6) is 0 Å². The molecule has 3 aromatic rings. The van der Waals surface area contributed by atoms with Crippen molar-refractivity contribution in [1.82, 2.24) is 0 Å². The molecule has 8 heteroatoms. The Balaban J connectivity index is 1.80. The number of carbonyl (C=O) groups excluding carboxylic acids is 1. The second kappa shape index (κ2) is 6.61. The van der Waals surface area contributed by atoms with Crippen LogP contribution in [-0.2, 0) is 17.4 Å². The summed E-state index contributed by atoms with van der Waals surface area (Å²) >= 11 is 11.5. The second-order valence-corrected chi connectivity index (χ2v) is 6.16. The number of fused-ring (bicyclic) bond motifs is 1. The summed E-state index contributed by atoms with van der Waals surface area (Å²) in [5.41, 5.74) is 0.151. The first-order valence-electron chi connectivity index (χ1n) is 7.06. The van der Waals surface area contributed by atoms with E-state index in [9.17, 15) is 18.0 Å². The van der Waals surface area contributed by atoms with Crippen LogP contribution in [0.4, 0.5) is 18.9 Å². The predicted molar refractivity (Wildman–Crippen MR) is 90.0 cm³/mol. The van der Waals surface area contributed by atoms with Gasteiger partial charge in [0.25, 0.3) is 0 Å². The minimum atomic E-state index is -4.60. The molecule has 1 heterocycles. The molecule has 0 radical (unpaired) electrons. The van der Waals surface area contributed by atoms with Crippen molar-refractivity contribution in [3.63, 3.8) is 0 Å². The molecule has 3 nitrogen and oxygen atoms in total. The van der Waals surface area contributed by atoms with Gasteiger partial charge in [-0.3, -0.25) is 4.79 Å². The van der Waals surface area contributed by atoms with Crippen molar-refractivity contribution >= 4 is 45.8 Å². The van der Waals surface area contributed by atoms with E-state index in [1.165, 1.54) is 12.3 Å². The van der Waals surface area contributed by atoms with E-state index in [2.05, 4.69) is 5.32 Å². The van der Waals surface area contributed by atoms with Crippen molar-refractivity contribution in [3.8, 4) is 0 Å². The average Bonchev–Trinajstić information content (AvgIpc) is 2.90. The molecule has 0 spiro atoms. The van der Waals surface area contributed by atoms with Crippen LogP contribution in [0.2, 0.25) is 10.0 Å². The summed E-state index contributed by atoms with van der Waals surface area (Å²) in [6.07, 6.45) is -3.25. The van der Waals surface area contributed by atoms with Gasteiger partial charge in [0.1, 0.15) is 5.58 Å². The number of halogens is 5. The van der Waals surface area contributed by atoms with Gasteiger partial charge in [0.2, 0.25) is 5.91 Å². The van der Waals surface area contributed by atoms with E-state index < -0.39 is 22.7 Å². The van der Waals surface area contributed by atoms with E-state index >= 15 is 0 Å². The van der Waals surface area contributed by atoms with Gasteiger partial charge in [-0.1, -0.05) is 23.2 Å². The predicted octanol–water partition coefficient (Wildman–Crippen LogP) is 5.94. The van der Waals surface area contributed by atoms with Crippen LogP contribution < -0.4 is 5.32 Å². The molecule has 0 saturated carbocycles. The Morgan fingerprint density at radius 1 is 1.12 bits per heavy atom. The van der Waals surface area contributed by atoms with Gasteiger partial charge < -0.3 is 9.73 Å². The molecular weight excluding hydrogens is 378 g/mol. The summed E-state index contributed by atoms with van der Waals surface area (Å²) < 4.78 is 43.9. The first-order chi connectivity index (χ1) is 11.7. The van der Waals surface area contributed by atoms with E-state index in [1.807, 2.05) is 0 Å². The van der Waals surface area contributed by atoms with E-state index in [1.54, 1.807) is 18.2 Å². The highest BCUT2D eigenvalue weighted by Gasteiger charge is 2.33. The van der Waals surface area contributed by atoms with Crippen LogP contribution in [-0.4, -0.2) is 5.91 Å². The van der Waals surface area contributed by atoms with Gasteiger partial charge in [0.15, 0.2) is 0 Å². The normalized spacial score (nSPS) is 11.7. The third kappa shape index (κ3) is 3.91. The number of benzene rings is 2. The van der Waals surface area contributed by atoms with Gasteiger partial charge in [0.05, 0.1) is 23.3 Å². The van der Waals surface area contributed by atoms with Crippen LogP contribution in [0.25, 0.3) is 11.0 Å². The lowest BCUT2D eigenvalue weighted by Crippen LogP contribution is -2.15. The van der Waals surface area contributed by atoms with E-state index in [4.69, 9.17) is 27.6 Å². The maximum absolute atomic E-state index is 12.9. The van der Waals surface area contributed by atoms with Crippen molar-refractivity contribution in [2.45, 2.75) is 12.6 Å². The topological polar surface area (TPSA) is 42.2 Å². The summed E-state index contributed by atoms with van der Waals surface area (Å²) in [6, 6.07) is 8.18. The Hall–Kier alpha value is -2.18. The SMILES string of the molecule is O=C(Cc1coc2ccc(Cl)cc12)Nc1ccc(Cl)c(C(F)(F)F)c1. The molecule has 1 aromatic heterocycles. The molecule has 0 saturated heterocycles. The summed E-state index contributed by atoms with van der Waals surface area (Å²) in [4.78, 5) is 12.2. The molecular formula is C17H10Cl2F3NO2. The Labute approximate surface area is 150 Å². The molecule has 130 valence electrons. The molecule has 25 heavy (non-hydrogen) atoms. The number of anilines is 1. The zero-order valence-corrected chi connectivity index (χ0v) is 14.0. The van der Waals surface area contributed by atoms with Crippen molar-refractivity contribution in [2.75, 3.05) is 5.32 Å². The van der Waals surface area contributed by atoms with Crippen LogP contribution in [0.1, 0.15) is 11.1 Å². The number of nitrogens with one attached hydrogen (secondary N) is 1.